The Labute approximate surface area is 124 Å². The van der Waals surface area contributed by atoms with Crippen LogP contribution < -0.4 is 5.73 Å². The maximum absolute atomic E-state index is 12.2. The lowest BCUT2D eigenvalue weighted by Gasteiger charge is -2.12. The Morgan fingerprint density at radius 3 is 1.89 bits per heavy atom. The molecule has 1 amide bonds. The third-order valence-corrected chi connectivity index (χ3v) is 4.20. The van der Waals surface area contributed by atoms with E-state index in [1.54, 1.807) is 6.08 Å². The zero-order chi connectivity index (χ0) is 15.1. The van der Waals surface area contributed by atoms with E-state index in [0.717, 1.165) is 15.7 Å². The smallest absolute Gasteiger partial charge is 0.254 e. The standard InChI is InChI=1S/C14H23NO2S2/c1-6-18-13(19-7-2)11(12(15)17)10(16)8-9-14(3,4)5/h8-9H,6-7H2,1-5H3,(H2,15,17)/b9-8+. The van der Waals surface area contributed by atoms with E-state index in [0.29, 0.717) is 0 Å². The number of carbonyl (C=O) groups is 2. The minimum absolute atomic E-state index is 0.103. The van der Waals surface area contributed by atoms with Crippen LogP contribution in [0.4, 0.5) is 0 Å². The molecule has 19 heavy (non-hydrogen) atoms. The van der Waals surface area contributed by atoms with Crippen molar-refractivity contribution >= 4 is 35.2 Å². The predicted octanol–water partition coefficient (Wildman–Crippen LogP) is 3.36. The van der Waals surface area contributed by atoms with Crippen molar-refractivity contribution < 1.29 is 9.59 Å². The Kier molecular flexibility index (Phi) is 8.18. The molecule has 3 nitrogen and oxygen atoms in total. The molecule has 0 bridgehead atoms. The Balaban J connectivity index is 5.39. The number of rotatable bonds is 7. The normalized spacial score (nSPS) is 11.6. The fraction of sp³-hybridized carbons (Fsp3) is 0.571. The summed E-state index contributed by atoms with van der Waals surface area (Å²) >= 11 is 2.97. The topological polar surface area (TPSA) is 60.2 Å². The van der Waals surface area contributed by atoms with E-state index in [1.165, 1.54) is 29.6 Å². The Hall–Kier alpha value is -0.680. The molecule has 0 atom stereocenters. The zero-order valence-electron chi connectivity index (χ0n) is 12.3. The number of amides is 1. The monoisotopic (exact) mass is 301 g/mol. The first kappa shape index (κ1) is 18.3. The lowest BCUT2D eigenvalue weighted by molar-refractivity contribution is -0.118. The van der Waals surface area contributed by atoms with Crippen molar-refractivity contribution in [3.05, 3.63) is 22.0 Å². The van der Waals surface area contributed by atoms with Gasteiger partial charge in [0.25, 0.3) is 5.91 Å². The molecule has 0 aromatic rings. The third-order valence-electron chi connectivity index (χ3n) is 1.98. The van der Waals surface area contributed by atoms with Gasteiger partial charge in [-0.1, -0.05) is 40.7 Å². The number of allylic oxidation sites excluding steroid dienone is 2. The number of hydrogen-bond donors (Lipinski definition) is 1. The largest absolute Gasteiger partial charge is 0.365 e. The van der Waals surface area contributed by atoms with E-state index in [1.807, 2.05) is 34.6 Å². The molecule has 0 aliphatic carbocycles. The first-order chi connectivity index (χ1) is 8.72. The SMILES string of the molecule is CCSC(SCC)=C(C(N)=O)C(=O)/C=C/C(C)(C)C. The lowest BCUT2D eigenvalue weighted by Crippen LogP contribution is -2.21. The van der Waals surface area contributed by atoms with Crippen LogP contribution in [0.1, 0.15) is 34.6 Å². The number of primary amides is 1. The van der Waals surface area contributed by atoms with Crippen molar-refractivity contribution in [2.24, 2.45) is 11.1 Å². The summed E-state index contributed by atoms with van der Waals surface area (Å²) in [6.07, 6.45) is 3.25. The minimum Gasteiger partial charge on any atom is -0.365 e. The average Bonchev–Trinajstić information content (AvgIpc) is 2.26. The highest BCUT2D eigenvalue weighted by atomic mass is 32.2. The third kappa shape index (κ3) is 7.47. The van der Waals surface area contributed by atoms with Gasteiger partial charge in [-0.3, -0.25) is 9.59 Å². The van der Waals surface area contributed by atoms with Crippen LogP contribution in [-0.2, 0) is 9.59 Å². The average molecular weight is 301 g/mol. The van der Waals surface area contributed by atoms with Crippen LogP contribution in [0.15, 0.2) is 22.0 Å². The van der Waals surface area contributed by atoms with Crippen LogP contribution in [0, 0.1) is 5.41 Å². The summed E-state index contributed by atoms with van der Waals surface area (Å²) in [5.41, 5.74) is 5.37. The fourth-order valence-electron chi connectivity index (χ4n) is 1.18. The van der Waals surface area contributed by atoms with Gasteiger partial charge >= 0.3 is 0 Å². The Morgan fingerprint density at radius 1 is 1.11 bits per heavy atom. The highest BCUT2D eigenvalue weighted by Crippen LogP contribution is 2.32. The second-order valence-corrected chi connectivity index (χ2v) is 7.76. The first-order valence-corrected chi connectivity index (χ1v) is 8.23. The molecule has 0 aromatic heterocycles. The molecule has 0 fully saturated rings. The molecule has 108 valence electrons. The van der Waals surface area contributed by atoms with Crippen LogP contribution in [0.25, 0.3) is 0 Å². The van der Waals surface area contributed by atoms with Crippen LogP contribution in [-0.4, -0.2) is 23.2 Å². The van der Waals surface area contributed by atoms with Gasteiger partial charge < -0.3 is 5.73 Å². The Bertz CT molecular complexity index is 385. The second-order valence-electron chi connectivity index (χ2n) is 4.96. The van der Waals surface area contributed by atoms with Gasteiger partial charge in [0.1, 0.15) is 5.57 Å². The van der Waals surface area contributed by atoms with Crippen LogP contribution in [0.3, 0.4) is 0 Å². The number of thioether (sulfide) groups is 2. The van der Waals surface area contributed by atoms with Gasteiger partial charge in [0.2, 0.25) is 0 Å². The second kappa shape index (κ2) is 8.48. The molecule has 5 heteroatoms. The summed E-state index contributed by atoms with van der Waals surface area (Å²) in [6.45, 7) is 9.94. The summed E-state index contributed by atoms with van der Waals surface area (Å²) < 4.78 is 0.723. The van der Waals surface area contributed by atoms with Crippen molar-refractivity contribution in [3.8, 4) is 0 Å². The molecule has 0 aliphatic heterocycles. The van der Waals surface area contributed by atoms with E-state index in [2.05, 4.69) is 0 Å². The molecule has 2 N–H and O–H groups in total. The van der Waals surface area contributed by atoms with E-state index < -0.39 is 5.91 Å². The van der Waals surface area contributed by atoms with Gasteiger partial charge in [-0.2, -0.15) is 0 Å². The van der Waals surface area contributed by atoms with Crippen molar-refractivity contribution in [2.75, 3.05) is 11.5 Å². The predicted molar refractivity (Wildman–Crippen MR) is 86.1 cm³/mol. The van der Waals surface area contributed by atoms with Gasteiger partial charge in [-0.05, 0) is 23.0 Å². The molecule has 0 saturated carbocycles. The Morgan fingerprint density at radius 2 is 1.58 bits per heavy atom. The molecule has 0 aromatic carbocycles. The maximum atomic E-state index is 12.2. The molecule has 0 aliphatic rings. The highest BCUT2D eigenvalue weighted by Gasteiger charge is 2.20. The summed E-state index contributed by atoms with van der Waals surface area (Å²) in [7, 11) is 0. The lowest BCUT2D eigenvalue weighted by atomic mass is 9.95. The highest BCUT2D eigenvalue weighted by molar-refractivity contribution is 8.22. The maximum Gasteiger partial charge on any atom is 0.254 e. The van der Waals surface area contributed by atoms with Gasteiger partial charge in [0, 0.05) is 0 Å². The van der Waals surface area contributed by atoms with E-state index in [-0.39, 0.29) is 16.8 Å². The number of carbonyl (C=O) groups excluding carboxylic acids is 2. The van der Waals surface area contributed by atoms with Crippen molar-refractivity contribution in [2.45, 2.75) is 34.6 Å². The number of ketones is 1. The minimum atomic E-state index is -0.652. The molecule has 0 radical (unpaired) electrons. The van der Waals surface area contributed by atoms with Crippen LogP contribution in [0.2, 0.25) is 0 Å². The summed E-state index contributed by atoms with van der Waals surface area (Å²) in [5, 5.41) is 0. The number of nitrogens with two attached hydrogens (primary N) is 1. The van der Waals surface area contributed by atoms with Crippen molar-refractivity contribution in [3.63, 3.8) is 0 Å². The van der Waals surface area contributed by atoms with Gasteiger partial charge in [-0.15, -0.1) is 23.5 Å². The quantitative estimate of drug-likeness (QED) is 0.445. The van der Waals surface area contributed by atoms with Crippen LogP contribution >= 0.6 is 23.5 Å². The van der Waals surface area contributed by atoms with E-state index in [9.17, 15) is 9.59 Å². The van der Waals surface area contributed by atoms with Crippen molar-refractivity contribution in [1.82, 2.24) is 0 Å². The molecule has 0 spiro atoms. The molecular formula is C14H23NO2S2. The molecule has 0 unspecified atom stereocenters. The first-order valence-electron chi connectivity index (χ1n) is 6.26. The summed E-state index contributed by atoms with van der Waals surface area (Å²) in [5.74, 6) is 0.643. The molecule has 0 heterocycles. The van der Waals surface area contributed by atoms with E-state index in [4.69, 9.17) is 5.73 Å². The van der Waals surface area contributed by atoms with Gasteiger partial charge in [0.15, 0.2) is 5.78 Å². The van der Waals surface area contributed by atoms with Gasteiger partial charge in [-0.25, -0.2) is 0 Å². The van der Waals surface area contributed by atoms with Crippen molar-refractivity contribution in [1.29, 1.82) is 0 Å². The summed E-state index contributed by atoms with van der Waals surface area (Å²) in [6, 6.07) is 0. The molecular weight excluding hydrogens is 278 g/mol. The summed E-state index contributed by atoms with van der Waals surface area (Å²) in [4.78, 5) is 23.7. The van der Waals surface area contributed by atoms with Crippen LogP contribution in [0.5, 0.6) is 0 Å². The zero-order valence-corrected chi connectivity index (χ0v) is 13.9. The molecule has 0 rings (SSSR count). The fourth-order valence-corrected chi connectivity index (χ4v) is 3.44. The van der Waals surface area contributed by atoms with Gasteiger partial charge in [0.05, 0.1) is 4.24 Å². The number of hydrogen-bond acceptors (Lipinski definition) is 4. The van der Waals surface area contributed by atoms with E-state index >= 15 is 0 Å². The molecule has 0 saturated heterocycles.